The Hall–Kier alpha value is -0.570. The summed E-state index contributed by atoms with van der Waals surface area (Å²) in [5.41, 5.74) is 5.53. The molecule has 3 heteroatoms. The van der Waals surface area contributed by atoms with E-state index in [9.17, 15) is 4.79 Å². The molecule has 1 aliphatic heterocycles. The van der Waals surface area contributed by atoms with E-state index in [1.807, 2.05) is 0 Å². The SMILES string of the molecule is CCCCC1CC(=O)NN1. The third-order valence-corrected chi connectivity index (χ3v) is 1.75. The van der Waals surface area contributed by atoms with Crippen LogP contribution < -0.4 is 10.9 Å². The fourth-order valence-electron chi connectivity index (χ4n) is 1.13. The highest BCUT2D eigenvalue weighted by molar-refractivity contribution is 5.77. The first-order chi connectivity index (χ1) is 4.83. The molecule has 1 aliphatic rings. The molecule has 0 bridgehead atoms. The summed E-state index contributed by atoms with van der Waals surface area (Å²) < 4.78 is 0. The Kier molecular flexibility index (Phi) is 2.68. The maximum absolute atomic E-state index is 10.6. The number of hydrogen-bond donors (Lipinski definition) is 2. The Bertz CT molecular complexity index is 125. The molecule has 0 aliphatic carbocycles. The standard InChI is InChI=1S/C7H14N2O/c1-2-3-4-6-5-7(10)9-8-6/h6,8H,2-5H2,1H3,(H,9,10). The maximum atomic E-state index is 10.6. The molecule has 3 nitrogen and oxygen atoms in total. The molecule has 1 saturated heterocycles. The lowest BCUT2D eigenvalue weighted by atomic mass is 10.1. The minimum atomic E-state index is 0.126. The van der Waals surface area contributed by atoms with Crippen LogP contribution in [0.1, 0.15) is 32.6 Å². The number of rotatable bonds is 3. The van der Waals surface area contributed by atoms with Gasteiger partial charge in [0, 0.05) is 12.5 Å². The zero-order valence-corrected chi connectivity index (χ0v) is 6.31. The molecule has 1 amide bonds. The molecule has 10 heavy (non-hydrogen) atoms. The van der Waals surface area contributed by atoms with Crippen LogP contribution in [0.3, 0.4) is 0 Å². The normalized spacial score (nSPS) is 24.9. The second-order valence-corrected chi connectivity index (χ2v) is 2.74. The Balaban J connectivity index is 2.12. The Morgan fingerprint density at radius 2 is 2.50 bits per heavy atom. The Morgan fingerprint density at radius 1 is 1.70 bits per heavy atom. The van der Waals surface area contributed by atoms with Gasteiger partial charge in [0.1, 0.15) is 0 Å². The number of hydrogen-bond acceptors (Lipinski definition) is 2. The van der Waals surface area contributed by atoms with Crippen molar-refractivity contribution in [1.82, 2.24) is 10.9 Å². The van der Waals surface area contributed by atoms with Crippen molar-refractivity contribution in [2.45, 2.75) is 38.6 Å². The molecule has 0 aromatic heterocycles. The lowest BCUT2D eigenvalue weighted by Gasteiger charge is -2.04. The average molecular weight is 142 g/mol. The Morgan fingerprint density at radius 3 is 3.00 bits per heavy atom. The number of carbonyl (C=O) groups excluding carboxylic acids is 1. The average Bonchev–Trinajstić information content (AvgIpc) is 2.31. The summed E-state index contributed by atoms with van der Waals surface area (Å²) in [6.07, 6.45) is 4.16. The van der Waals surface area contributed by atoms with Gasteiger partial charge in [-0.15, -0.1) is 0 Å². The number of nitrogens with one attached hydrogen (secondary N) is 2. The van der Waals surface area contributed by atoms with Gasteiger partial charge in [-0.25, -0.2) is 5.43 Å². The molecule has 0 aromatic rings. The van der Waals surface area contributed by atoms with Gasteiger partial charge in [0.2, 0.25) is 5.91 Å². The van der Waals surface area contributed by atoms with Gasteiger partial charge >= 0.3 is 0 Å². The predicted octanol–water partition coefficient (Wildman–Crippen LogP) is 0.570. The second-order valence-electron chi connectivity index (χ2n) is 2.74. The highest BCUT2D eigenvalue weighted by Crippen LogP contribution is 2.06. The molecule has 0 saturated carbocycles. The minimum Gasteiger partial charge on any atom is -0.291 e. The Labute approximate surface area is 61.2 Å². The van der Waals surface area contributed by atoms with Gasteiger partial charge in [0.15, 0.2) is 0 Å². The van der Waals surface area contributed by atoms with Crippen LogP contribution in [0.4, 0.5) is 0 Å². The third-order valence-electron chi connectivity index (χ3n) is 1.75. The zero-order chi connectivity index (χ0) is 7.40. The van der Waals surface area contributed by atoms with E-state index >= 15 is 0 Å². The zero-order valence-electron chi connectivity index (χ0n) is 6.31. The van der Waals surface area contributed by atoms with Gasteiger partial charge in [0.05, 0.1) is 0 Å². The van der Waals surface area contributed by atoms with E-state index in [2.05, 4.69) is 17.8 Å². The van der Waals surface area contributed by atoms with Crippen molar-refractivity contribution in [2.24, 2.45) is 0 Å². The first-order valence-electron chi connectivity index (χ1n) is 3.87. The molecule has 1 atom stereocenters. The summed E-state index contributed by atoms with van der Waals surface area (Å²) in [6, 6.07) is 0.382. The van der Waals surface area contributed by atoms with Crippen molar-refractivity contribution in [3.8, 4) is 0 Å². The predicted molar refractivity (Wildman–Crippen MR) is 39.2 cm³/mol. The molecule has 0 radical (unpaired) electrons. The molecule has 1 unspecified atom stereocenters. The van der Waals surface area contributed by atoms with Crippen LogP contribution in [0.2, 0.25) is 0 Å². The monoisotopic (exact) mass is 142 g/mol. The lowest BCUT2D eigenvalue weighted by Crippen LogP contribution is -2.31. The van der Waals surface area contributed by atoms with Crippen LogP contribution in [0.5, 0.6) is 0 Å². The van der Waals surface area contributed by atoms with Crippen LogP contribution in [0, 0.1) is 0 Å². The molecule has 0 aromatic carbocycles. The number of amides is 1. The van der Waals surface area contributed by atoms with Crippen LogP contribution in [0.25, 0.3) is 0 Å². The van der Waals surface area contributed by atoms with Gasteiger partial charge < -0.3 is 0 Å². The van der Waals surface area contributed by atoms with Crippen LogP contribution >= 0.6 is 0 Å². The van der Waals surface area contributed by atoms with E-state index < -0.39 is 0 Å². The van der Waals surface area contributed by atoms with E-state index in [0.717, 1.165) is 6.42 Å². The molecule has 58 valence electrons. The molecule has 2 N–H and O–H groups in total. The second kappa shape index (κ2) is 3.56. The minimum absolute atomic E-state index is 0.126. The van der Waals surface area contributed by atoms with Crippen molar-refractivity contribution in [3.05, 3.63) is 0 Å². The lowest BCUT2D eigenvalue weighted by molar-refractivity contribution is -0.119. The summed E-state index contributed by atoms with van der Waals surface area (Å²) in [7, 11) is 0. The summed E-state index contributed by atoms with van der Waals surface area (Å²) >= 11 is 0. The number of carbonyl (C=O) groups is 1. The molecular formula is C7H14N2O. The van der Waals surface area contributed by atoms with Crippen molar-refractivity contribution in [1.29, 1.82) is 0 Å². The highest BCUT2D eigenvalue weighted by atomic mass is 16.2. The van der Waals surface area contributed by atoms with Crippen LogP contribution in [-0.2, 0) is 4.79 Å². The summed E-state index contributed by atoms with van der Waals surface area (Å²) in [5.74, 6) is 0.126. The molecular weight excluding hydrogens is 128 g/mol. The van der Waals surface area contributed by atoms with E-state index in [-0.39, 0.29) is 5.91 Å². The van der Waals surface area contributed by atoms with Crippen LogP contribution in [0.15, 0.2) is 0 Å². The fourth-order valence-corrected chi connectivity index (χ4v) is 1.13. The maximum Gasteiger partial charge on any atom is 0.235 e. The molecule has 1 heterocycles. The molecule has 1 fully saturated rings. The van der Waals surface area contributed by atoms with E-state index in [0.29, 0.717) is 12.5 Å². The third kappa shape index (κ3) is 1.99. The number of hydrazine groups is 1. The van der Waals surface area contributed by atoms with Crippen molar-refractivity contribution < 1.29 is 4.79 Å². The van der Waals surface area contributed by atoms with E-state index in [4.69, 9.17) is 0 Å². The smallest absolute Gasteiger partial charge is 0.235 e. The van der Waals surface area contributed by atoms with Gasteiger partial charge in [-0.1, -0.05) is 19.8 Å². The summed E-state index contributed by atoms with van der Waals surface area (Å²) in [5, 5.41) is 0. The first kappa shape index (κ1) is 7.54. The van der Waals surface area contributed by atoms with E-state index in [1.54, 1.807) is 0 Å². The highest BCUT2D eigenvalue weighted by Gasteiger charge is 2.19. The van der Waals surface area contributed by atoms with Gasteiger partial charge in [0.25, 0.3) is 0 Å². The quantitative estimate of drug-likeness (QED) is 0.605. The summed E-state index contributed by atoms with van der Waals surface area (Å²) in [4.78, 5) is 10.6. The van der Waals surface area contributed by atoms with Crippen molar-refractivity contribution >= 4 is 5.91 Å². The first-order valence-corrected chi connectivity index (χ1v) is 3.87. The topological polar surface area (TPSA) is 41.1 Å². The largest absolute Gasteiger partial charge is 0.291 e. The van der Waals surface area contributed by atoms with Gasteiger partial charge in [-0.05, 0) is 6.42 Å². The van der Waals surface area contributed by atoms with Gasteiger partial charge in [-0.3, -0.25) is 10.2 Å². The molecule has 0 spiro atoms. The number of unbranched alkanes of at least 4 members (excludes halogenated alkanes) is 1. The summed E-state index contributed by atoms with van der Waals surface area (Å²) in [6.45, 7) is 2.16. The van der Waals surface area contributed by atoms with Crippen molar-refractivity contribution in [2.75, 3.05) is 0 Å². The van der Waals surface area contributed by atoms with E-state index in [1.165, 1.54) is 12.8 Å². The van der Waals surface area contributed by atoms with Gasteiger partial charge in [-0.2, -0.15) is 0 Å². The van der Waals surface area contributed by atoms with Crippen molar-refractivity contribution in [3.63, 3.8) is 0 Å². The van der Waals surface area contributed by atoms with Crippen LogP contribution in [-0.4, -0.2) is 11.9 Å². The fraction of sp³-hybridized carbons (Fsp3) is 0.857. The molecule has 1 rings (SSSR count).